The van der Waals surface area contributed by atoms with Gasteiger partial charge in [-0.05, 0) is 31.4 Å². The maximum atomic E-state index is 13.3. The van der Waals surface area contributed by atoms with Crippen molar-refractivity contribution in [1.29, 1.82) is 0 Å². The molecule has 0 spiro atoms. The highest BCUT2D eigenvalue weighted by Gasteiger charge is 2.68. The molecule has 2 N–H and O–H groups in total. The van der Waals surface area contributed by atoms with Gasteiger partial charge in [0, 0.05) is 5.54 Å². The molecule has 3 fully saturated rings. The highest BCUT2D eigenvalue weighted by molar-refractivity contribution is 5.95. The molecule has 4 rings (SSSR count). The van der Waals surface area contributed by atoms with Gasteiger partial charge in [-0.3, -0.25) is 4.79 Å². The molecule has 2 bridgehead atoms. The molecule has 0 aliphatic heterocycles. The van der Waals surface area contributed by atoms with Crippen LogP contribution in [0.3, 0.4) is 0 Å². The number of carbonyl (C=O) groups is 1. The molecule has 84 valence electrons. The zero-order valence-corrected chi connectivity index (χ0v) is 8.66. The van der Waals surface area contributed by atoms with Crippen LogP contribution in [0.4, 0.5) is 4.39 Å². The predicted octanol–water partition coefficient (Wildman–Crippen LogP) is 1.22. The summed E-state index contributed by atoms with van der Waals surface area (Å²) in [6, 6.07) is 5.92. The highest BCUT2D eigenvalue weighted by Crippen LogP contribution is 2.60. The number of hydrogen-bond donors (Lipinski definition) is 2. The number of nitrogens with one attached hydrogen (secondary N) is 1. The van der Waals surface area contributed by atoms with E-state index >= 15 is 0 Å². The SMILES string of the molecule is O=C(NC12CC(O)(C1)C2)c1ccccc1F. The Labute approximate surface area is 92.3 Å². The van der Waals surface area contributed by atoms with Crippen LogP contribution in [0.25, 0.3) is 0 Å². The van der Waals surface area contributed by atoms with E-state index in [-0.39, 0.29) is 17.0 Å². The molecule has 0 radical (unpaired) electrons. The van der Waals surface area contributed by atoms with E-state index in [1.807, 2.05) is 0 Å². The first-order chi connectivity index (χ1) is 7.52. The number of halogens is 1. The summed E-state index contributed by atoms with van der Waals surface area (Å²) >= 11 is 0. The van der Waals surface area contributed by atoms with Crippen molar-refractivity contribution in [3.63, 3.8) is 0 Å². The Bertz CT molecular complexity index is 452. The van der Waals surface area contributed by atoms with Gasteiger partial charge in [0.25, 0.3) is 5.91 Å². The average molecular weight is 221 g/mol. The minimum atomic E-state index is -0.553. The highest BCUT2D eigenvalue weighted by atomic mass is 19.1. The lowest BCUT2D eigenvalue weighted by Gasteiger charge is -2.67. The summed E-state index contributed by atoms with van der Waals surface area (Å²) in [6.45, 7) is 0. The largest absolute Gasteiger partial charge is 0.390 e. The van der Waals surface area contributed by atoms with Crippen LogP contribution in [-0.2, 0) is 0 Å². The Hall–Kier alpha value is -1.42. The number of rotatable bonds is 2. The molecule has 3 aliphatic rings. The molecule has 4 heteroatoms. The first-order valence-corrected chi connectivity index (χ1v) is 5.32. The third kappa shape index (κ3) is 1.26. The molecule has 0 heterocycles. The van der Waals surface area contributed by atoms with E-state index < -0.39 is 11.4 Å². The predicted molar refractivity (Wildman–Crippen MR) is 55.4 cm³/mol. The molecule has 0 saturated heterocycles. The lowest BCUT2D eigenvalue weighted by Crippen LogP contribution is -2.78. The van der Waals surface area contributed by atoms with Crippen LogP contribution in [-0.4, -0.2) is 22.2 Å². The van der Waals surface area contributed by atoms with Crippen molar-refractivity contribution in [3.8, 4) is 0 Å². The summed E-state index contributed by atoms with van der Waals surface area (Å²) in [5.74, 6) is -0.898. The Morgan fingerprint density at radius 3 is 2.50 bits per heavy atom. The monoisotopic (exact) mass is 221 g/mol. The van der Waals surface area contributed by atoms with Crippen LogP contribution in [0.15, 0.2) is 24.3 Å². The normalized spacial score (nSPS) is 34.9. The molecule has 1 aromatic rings. The fourth-order valence-corrected chi connectivity index (χ4v) is 2.82. The molecular formula is C12H12FNO2. The van der Waals surface area contributed by atoms with Crippen molar-refractivity contribution >= 4 is 5.91 Å². The van der Waals surface area contributed by atoms with Crippen molar-refractivity contribution in [2.45, 2.75) is 30.4 Å². The van der Waals surface area contributed by atoms with Gasteiger partial charge in [-0.1, -0.05) is 12.1 Å². The van der Waals surface area contributed by atoms with Crippen LogP contribution in [0.2, 0.25) is 0 Å². The van der Waals surface area contributed by atoms with Gasteiger partial charge in [-0.15, -0.1) is 0 Å². The van der Waals surface area contributed by atoms with Gasteiger partial charge in [0.2, 0.25) is 0 Å². The molecule has 3 nitrogen and oxygen atoms in total. The Morgan fingerprint density at radius 1 is 1.31 bits per heavy atom. The maximum absolute atomic E-state index is 13.3. The summed E-state index contributed by atoms with van der Waals surface area (Å²) in [5.41, 5.74) is -0.754. The molecule has 16 heavy (non-hydrogen) atoms. The molecule has 0 unspecified atom stereocenters. The smallest absolute Gasteiger partial charge is 0.254 e. The molecule has 0 aromatic heterocycles. The third-order valence-electron chi connectivity index (χ3n) is 3.50. The second-order valence-corrected chi connectivity index (χ2v) is 4.97. The second-order valence-electron chi connectivity index (χ2n) is 4.97. The van der Waals surface area contributed by atoms with E-state index in [1.54, 1.807) is 12.1 Å². The standard InChI is InChI=1S/C12H12FNO2/c13-9-4-2-1-3-8(9)10(15)14-11-5-12(16,6-11)7-11/h1-4,16H,5-7H2,(H,14,15). The van der Waals surface area contributed by atoms with E-state index in [4.69, 9.17) is 0 Å². The van der Waals surface area contributed by atoms with Crippen LogP contribution in [0, 0.1) is 5.82 Å². The van der Waals surface area contributed by atoms with Gasteiger partial charge in [-0.25, -0.2) is 4.39 Å². The van der Waals surface area contributed by atoms with Crippen LogP contribution >= 0.6 is 0 Å². The van der Waals surface area contributed by atoms with Gasteiger partial charge in [0.05, 0.1) is 11.2 Å². The zero-order chi connectivity index (χ0) is 11.4. The van der Waals surface area contributed by atoms with Crippen molar-refractivity contribution in [1.82, 2.24) is 5.32 Å². The number of aliphatic hydroxyl groups is 1. The van der Waals surface area contributed by atoms with Crippen molar-refractivity contribution < 1.29 is 14.3 Å². The lowest BCUT2D eigenvalue weighted by atomic mass is 9.46. The third-order valence-corrected chi connectivity index (χ3v) is 3.50. The van der Waals surface area contributed by atoms with E-state index in [2.05, 4.69) is 5.32 Å². The summed E-state index contributed by atoms with van der Waals surface area (Å²) in [4.78, 5) is 11.8. The van der Waals surface area contributed by atoms with Crippen LogP contribution in [0.1, 0.15) is 29.6 Å². The number of amides is 1. The lowest BCUT2D eigenvalue weighted by molar-refractivity contribution is -0.215. The molecule has 0 atom stereocenters. The zero-order valence-electron chi connectivity index (χ0n) is 8.66. The number of hydrogen-bond acceptors (Lipinski definition) is 2. The fraction of sp³-hybridized carbons (Fsp3) is 0.417. The minimum Gasteiger partial charge on any atom is -0.390 e. The fourth-order valence-electron chi connectivity index (χ4n) is 2.82. The van der Waals surface area contributed by atoms with E-state index in [0.29, 0.717) is 19.3 Å². The van der Waals surface area contributed by atoms with E-state index in [1.165, 1.54) is 12.1 Å². The van der Waals surface area contributed by atoms with Crippen LogP contribution < -0.4 is 5.32 Å². The Morgan fingerprint density at radius 2 is 1.94 bits per heavy atom. The van der Waals surface area contributed by atoms with Gasteiger partial charge in [-0.2, -0.15) is 0 Å². The Kier molecular flexibility index (Phi) is 1.73. The van der Waals surface area contributed by atoms with Crippen LogP contribution in [0.5, 0.6) is 0 Å². The molecule has 1 amide bonds. The summed E-state index contributed by atoms with van der Waals surface area (Å²) in [7, 11) is 0. The first-order valence-electron chi connectivity index (χ1n) is 5.32. The maximum Gasteiger partial charge on any atom is 0.254 e. The number of carbonyl (C=O) groups excluding carboxylic acids is 1. The molecule has 1 aromatic carbocycles. The summed E-state index contributed by atoms with van der Waals surface area (Å²) in [5, 5.41) is 12.4. The number of benzene rings is 1. The van der Waals surface area contributed by atoms with E-state index in [9.17, 15) is 14.3 Å². The second kappa shape index (κ2) is 2.83. The minimum absolute atomic E-state index is 0.0687. The molecule has 3 aliphatic carbocycles. The quantitative estimate of drug-likeness (QED) is 0.789. The van der Waals surface area contributed by atoms with Gasteiger partial charge >= 0.3 is 0 Å². The summed E-state index contributed by atoms with van der Waals surface area (Å²) < 4.78 is 13.3. The van der Waals surface area contributed by atoms with Crippen molar-refractivity contribution in [2.75, 3.05) is 0 Å². The van der Waals surface area contributed by atoms with Gasteiger partial charge < -0.3 is 10.4 Å². The van der Waals surface area contributed by atoms with E-state index in [0.717, 1.165) is 0 Å². The van der Waals surface area contributed by atoms with Crippen molar-refractivity contribution in [3.05, 3.63) is 35.6 Å². The van der Waals surface area contributed by atoms with Crippen molar-refractivity contribution in [2.24, 2.45) is 0 Å². The van der Waals surface area contributed by atoms with Gasteiger partial charge in [0.1, 0.15) is 5.82 Å². The van der Waals surface area contributed by atoms with Gasteiger partial charge in [0.15, 0.2) is 0 Å². The topological polar surface area (TPSA) is 49.3 Å². The molecular weight excluding hydrogens is 209 g/mol. The summed E-state index contributed by atoms with van der Waals surface area (Å²) in [6.07, 6.45) is 1.79. The average Bonchev–Trinajstić information content (AvgIpc) is 2.14. The molecule has 3 saturated carbocycles. The first kappa shape index (κ1) is 9.78. The Balaban J connectivity index is 1.73.